The zero-order valence-corrected chi connectivity index (χ0v) is 13.1. The molecule has 21 heavy (non-hydrogen) atoms. The van der Waals surface area contributed by atoms with Gasteiger partial charge >= 0.3 is 5.97 Å². The van der Waals surface area contributed by atoms with Gasteiger partial charge in [-0.2, -0.15) is 0 Å². The predicted molar refractivity (Wildman–Crippen MR) is 80.5 cm³/mol. The first-order chi connectivity index (χ1) is 9.74. The summed E-state index contributed by atoms with van der Waals surface area (Å²) in [5.74, 6) is -0.794. The van der Waals surface area contributed by atoms with Crippen LogP contribution in [0.1, 0.15) is 42.6 Å². The summed E-state index contributed by atoms with van der Waals surface area (Å²) in [6.45, 7) is 4.68. The molecule has 0 aromatic heterocycles. The van der Waals surface area contributed by atoms with Crippen LogP contribution in [0.2, 0.25) is 0 Å². The minimum Gasteiger partial charge on any atom is -0.478 e. The Hall–Kier alpha value is -1.40. The van der Waals surface area contributed by atoms with Gasteiger partial charge in [-0.05, 0) is 41.9 Å². The van der Waals surface area contributed by atoms with Crippen molar-refractivity contribution in [3.8, 4) is 0 Å². The third-order valence-corrected chi connectivity index (χ3v) is 5.59. The van der Waals surface area contributed by atoms with Gasteiger partial charge in [0.1, 0.15) is 0 Å². The fourth-order valence-corrected chi connectivity index (χ4v) is 3.66. The smallest absolute Gasteiger partial charge is 0.335 e. The van der Waals surface area contributed by atoms with Crippen LogP contribution >= 0.6 is 0 Å². The number of aromatic carboxylic acids is 1. The number of hydrogen-bond donors (Lipinski definition) is 2. The number of carboxylic acids is 1. The fraction of sp³-hybridized carbons (Fsp3) is 0.533. The molecule has 0 radical (unpaired) electrons. The Labute approximate surface area is 125 Å². The van der Waals surface area contributed by atoms with E-state index in [1.807, 2.05) is 0 Å². The molecule has 0 amide bonds. The molecule has 1 aromatic carbocycles. The zero-order chi connectivity index (χ0) is 15.7. The highest BCUT2D eigenvalue weighted by molar-refractivity contribution is 7.88. The number of carboxylic acid groups (broad SMARTS) is 1. The number of nitrogens with one attached hydrogen (secondary N) is 1. The Morgan fingerprint density at radius 2 is 2.05 bits per heavy atom. The lowest BCUT2D eigenvalue weighted by atomic mass is 9.93. The van der Waals surface area contributed by atoms with E-state index < -0.39 is 16.0 Å². The molecule has 0 spiro atoms. The summed E-state index contributed by atoms with van der Waals surface area (Å²) in [7, 11) is -3.45. The number of sulfonamides is 1. The molecule has 1 saturated carbocycles. The third-order valence-electron chi connectivity index (χ3n) is 4.29. The Balaban J connectivity index is 2.01. The van der Waals surface area contributed by atoms with Gasteiger partial charge in [0.2, 0.25) is 10.0 Å². The molecule has 0 bridgehead atoms. The van der Waals surface area contributed by atoms with Crippen molar-refractivity contribution >= 4 is 16.0 Å². The number of carbonyl (C=O) groups is 1. The first-order valence-corrected chi connectivity index (χ1v) is 8.69. The monoisotopic (exact) mass is 311 g/mol. The van der Waals surface area contributed by atoms with Gasteiger partial charge in [-0.25, -0.2) is 17.9 Å². The lowest BCUT2D eigenvalue weighted by Crippen LogP contribution is -2.33. The highest BCUT2D eigenvalue weighted by Crippen LogP contribution is 2.51. The standard InChI is InChI=1S/C15H21NO4S/c1-11(2)15(6-7-15)10-16-21(19,20)9-12-4-3-5-13(8-12)14(17)18/h3-5,8,11,16H,6-7,9-10H2,1-2H3,(H,17,18). The van der Waals surface area contributed by atoms with Crippen molar-refractivity contribution in [2.75, 3.05) is 6.54 Å². The minimum absolute atomic E-state index is 0.101. The van der Waals surface area contributed by atoms with Crippen LogP contribution in [0.25, 0.3) is 0 Å². The molecule has 6 heteroatoms. The van der Waals surface area contributed by atoms with E-state index >= 15 is 0 Å². The van der Waals surface area contributed by atoms with Gasteiger partial charge in [-0.1, -0.05) is 26.0 Å². The van der Waals surface area contributed by atoms with E-state index in [0.29, 0.717) is 18.0 Å². The molecule has 1 aliphatic carbocycles. The van der Waals surface area contributed by atoms with E-state index in [1.165, 1.54) is 12.1 Å². The summed E-state index contributed by atoms with van der Waals surface area (Å²) in [6.07, 6.45) is 2.11. The molecule has 2 rings (SSSR count). The van der Waals surface area contributed by atoms with Gasteiger partial charge in [-0.15, -0.1) is 0 Å². The number of rotatable bonds is 7. The third kappa shape index (κ3) is 4.04. The first kappa shape index (κ1) is 16.0. The molecule has 1 aromatic rings. The fourth-order valence-electron chi connectivity index (χ4n) is 2.44. The summed E-state index contributed by atoms with van der Waals surface area (Å²) < 4.78 is 26.9. The van der Waals surface area contributed by atoms with E-state index in [2.05, 4.69) is 18.6 Å². The van der Waals surface area contributed by atoms with Crippen LogP contribution in [0.5, 0.6) is 0 Å². The predicted octanol–water partition coefficient (Wildman–Crippen LogP) is 2.24. The Kier molecular flexibility index (Phi) is 4.39. The molecule has 1 fully saturated rings. The van der Waals surface area contributed by atoms with Gasteiger partial charge in [0.15, 0.2) is 0 Å². The van der Waals surface area contributed by atoms with E-state index in [1.54, 1.807) is 12.1 Å². The van der Waals surface area contributed by atoms with Gasteiger partial charge in [0.05, 0.1) is 11.3 Å². The van der Waals surface area contributed by atoms with Crippen molar-refractivity contribution in [3.05, 3.63) is 35.4 Å². The van der Waals surface area contributed by atoms with Crippen LogP contribution in [-0.2, 0) is 15.8 Å². The number of benzene rings is 1. The summed E-state index contributed by atoms with van der Waals surface area (Å²) in [5.41, 5.74) is 0.691. The lowest BCUT2D eigenvalue weighted by molar-refractivity contribution is 0.0696. The van der Waals surface area contributed by atoms with Gasteiger partial charge < -0.3 is 5.11 Å². The average molecular weight is 311 g/mol. The highest BCUT2D eigenvalue weighted by atomic mass is 32.2. The summed E-state index contributed by atoms with van der Waals surface area (Å²) >= 11 is 0. The molecule has 116 valence electrons. The SMILES string of the molecule is CC(C)C1(CNS(=O)(=O)Cc2cccc(C(=O)O)c2)CC1. The van der Waals surface area contributed by atoms with Crippen molar-refractivity contribution in [1.29, 1.82) is 0 Å². The molecular weight excluding hydrogens is 290 g/mol. The lowest BCUT2D eigenvalue weighted by Gasteiger charge is -2.20. The second-order valence-electron chi connectivity index (χ2n) is 6.10. The quantitative estimate of drug-likeness (QED) is 0.809. The van der Waals surface area contributed by atoms with Crippen LogP contribution in [0, 0.1) is 11.3 Å². The maximum atomic E-state index is 12.1. The molecule has 5 nitrogen and oxygen atoms in total. The number of hydrogen-bond acceptors (Lipinski definition) is 3. The van der Waals surface area contributed by atoms with E-state index in [0.717, 1.165) is 12.8 Å². The zero-order valence-electron chi connectivity index (χ0n) is 12.3. The molecular formula is C15H21NO4S. The maximum Gasteiger partial charge on any atom is 0.335 e. The van der Waals surface area contributed by atoms with Gasteiger partial charge in [0, 0.05) is 6.54 Å². The summed E-state index contributed by atoms with van der Waals surface area (Å²) in [4.78, 5) is 10.9. The van der Waals surface area contributed by atoms with Crippen molar-refractivity contribution in [1.82, 2.24) is 4.72 Å². The van der Waals surface area contributed by atoms with Crippen LogP contribution in [0.4, 0.5) is 0 Å². The van der Waals surface area contributed by atoms with Crippen molar-refractivity contribution in [2.45, 2.75) is 32.4 Å². The normalized spacial score (nSPS) is 16.9. The molecule has 0 saturated heterocycles. The van der Waals surface area contributed by atoms with E-state index in [-0.39, 0.29) is 16.7 Å². The van der Waals surface area contributed by atoms with Crippen molar-refractivity contribution < 1.29 is 18.3 Å². The van der Waals surface area contributed by atoms with Crippen LogP contribution in [0.3, 0.4) is 0 Å². The minimum atomic E-state index is -3.45. The Bertz CT molecular complexity index is 633. The molecule has 0 unspecified atom stereocenters. The molecule has 2 N–H and O–H groups in total. The molecule has 0 aliphatic heterocycles. The van der Waals surface area contributed by atoms with Crippen LogP contribution in [-0.4, -0.2) is 26.0 Å². The van der Waals surface area contributed by atoms with E-state index in [9.17, 15) is 13.2 Å². The average Bonchev–Trinajstić information content (AvgIpc) is 3.17. The van der Waals surface area contributed by atoms with Crippen molar-refractivity contribution in [3.63, 3.8) is 0 Å². The summed E-state index contributed by atoms with van der Waals surface area (Å²) in [5, 5.41) is 8.92. The second-order valence-corrected chi connectivity index (χ2v) is 7.91. The highest BCUT2D eigenvalue weighted by Gasteiger charge is 2.45. The molecule has 1 aliphatic rings. The second kappa shape index (κ2) is 5.77. The first-order valence-electron chi connectivity index (χ1n) is 7.04. The Morgan fingerprint density at radius 1 is 1.38 bits per heavy atom. The van der Waals surface area contributed by atoms with Crippen LogP contribution < -0.4 is 4.72 Å². The largest absolute Gasteiger partial charge is 0.478 e. The van der Waals surface area contributed by atoms with Crippen LogP contribution in [0.15, 0.2) is 24.3 Å². The van der Waals surface area contributed by atoms with E-state index in [4.69, 9.17) is 5.11 Å². The summed E-state index contributed by atoms with van der Waals surface area (Å²) in [6, 6.07) is 6.03. The Morgan fingerprint density at radius 3 is 2.57 bits per heavy atom. The van der Waals surface area contributed by atoms with Gasteiger partial charge in [0.25, 0.3) is 0 Å². The maximum absolute atomic E-state index is 12.1. The molecule has 0 atom stereocenters. The molecule has 0 heterocycles. The van der Waals surface area contributed by atoms with Gasteiger partial charge in [-0.3, -0.25) is 0 Å². The topological polar surface area (TPSA) is 83.5 Å². The van der Waals surface area contributed by atoms with Crippen molar-refractivity contribution in [2.24, 2.45) is 11.3 Å².